The van der Waals surface area contributed by atoms with E-state index in [4.69, 9.17) is 27.9 Å². The molecule has 0 bridgehead atoms. The maximum absolute atomic E-state index is 12.6. The van der Waals surface area contributed by atoms with Gasteiger partial charge in [0, 0.05) is 18.1 Å². The van der Waals surface area contributed by atoms with Crippen LogP contribution in [-0.2, 0) is 20.9 Å². The first-order valence-electron chi connectivity index (χ1n) is 6.91. The summed E-state index contributed by atoms with van der Waals surface area (Å²) in [5.74, 6) is -0.810. The molecule has 0 aromatic heterocycles. The van der Waals surface area contributed by atoms with Gasteiger partial charge in [0.2, 0.25) is 0 Å². The summed E-state index contributed by atoms with van der Waals surface area (Å²) in [6, 6.07) is 7.01. The molecule has 2 heterocycles. The van der Waals surface area contributed by atoms with Crippen LogP contribution >= 0.6 is 23.2 Å². The van der Waals surface area contributed by atoms with Gasteiger partial charge in [-0.2, -0.15) is 0 Å². The molecule has 2 aliphatic rings. The van der Waals surface area contributed by atoms with E-state index in [-0.39, 0.29) is 23.2 Å². The fraction of sp³-hybridized carbons (Fsp3) is 0.333. The van der Waals surface area contributed by atoms with E-state index in [1.165, 1.54) is 0 Å². The van der Waals surface area contributed by atoms with E-state index in [9.17, 15) is 9.59 Å². The average molecular weight is 341 g/mol. The number of ether oxygens (including phenoxy) is 1. The third kappa shape index (κ3) is 2.84. The van der Waals surface area contributed by atoms with Crippen molar-refractivity contribution in [2.75, 3.05) is 26.3 Å². The molecule has 3 rings (SSSR count). The summed E-state index contributed by atoms with van der Waals surface area (Å²) in [7, 11) is 0. The number of carbonyl (C=O) groups excluding carboxylic acids is 2. The molecule has 22 heavy (non-hydrogen) atoms. The number of nitrogens with zero attached hydrogens (tertiary/aromatic N) is 2. The highest BCUT2D eigenvalue weighted by molar-refractivity contribution is 6.47. The molecule has 5 nitrogen and oxygen atoms in total. The Labute approximate surface area is 138 Å². The lowest BCUT2D eigenvalue weighted by molar-refractivity contribution is -0.138. The third-order valence-corrected chi connectivity index (χ3v) is 4.26. The third-order valence-electron chi connectivity index (χ3n) is 3.67. The Balaban J connectivity index is 1.79. The van der Waals surface area contributed by atoms with Gasteiger partial charge >= 0.3 is 0 Å². The summed E-state index contributed by atoms with van der Waals surface area (Å²) < 4.78 is 5.26. The second-order valence-electron chi connectivity index (χ2n) is 5.08. The first-order chi connectivity index (χ1) is 10.6. The van der Waals surface area contributed by atoms with Gasteiger partial charge in [-0.15, -0.1) is 0 Å². The zero-order valence-corrected chi connectivity index (χ0v) is 13.2. The van der Waals surface area contributed by atoms with Crippen LogP contribution in [0.2, 0.25) is 5.02 Å². The number of halogens is 2. The summed E-state index contributed by atoms with van der Waals surface area (Å²) in [6.45, 7) is 2.33. The van der Waals surface area contributed by atoms with Gasteiger partial charge in [-0.1, -0.05) is 35.3 Å². The Morgan fingerprint density at radius 3 is 2.27 bits per heavy atom. The van der Waals surface area contributed by atoms with Gasteiger partial charge in [-0.05, 0) is 17.7 Å². The second kappa shape index (κ2) is 6.28. The van der Waals surface area contributed by atoms with Gasteiger partial charge in [0.15, 0.2) is 0 Å². The highest BCUT2D eigenvalue weighted by Gasteiger charge is 2.40. The van der Waals surface area contributed by atoms with E-state index in [2.05, 4.69) is 0 Å². The van der Waals surface area contributed by atoms with Crippen molar-refractivity contribution in [1.29, 1.82) is 0 Å². The smallest absolute Gasteiger partial charge is 0.279 e. The number of imide groups is 1. The Kier molecular flexibility index (Phi) is 4.38. The predicted molar refractivity (Wildman–Crippen MR) is 82.3 cm³/mol. The number of morpholine rings is 1. The molecule has 0 unspecified atom stereocenters. The molecule has 1 saturated heterocycles. The Bertz CT molecular complexity index is 637. The number of amides is 2. The zero-order chi connectivity index (χ0) is 15.7. The lowest BCUT2D eigenvalue weighted by Crippen LogP contribution is -2.40. The van der Waals surface area contributed by atoms with Crippen molar-refractivity contribution in [3.63, 3.8) is 0 Å². The van der Waals surface area contributed by atoms with Crippen LogP contribution in [0.25, 0.3) is 0 Å². The van der Waals surface area contributed by atoms with E-state index >= 15 is 0 Å². The van der Waals surface area contributed by atoms with Crippen molar-refractivity contribution in [2.45, 2.75) is 6.54 Å². The van der Waals surface area contributed by atoms with Crippen LogP contribution < -0.4 is 0 Å². The van der Waals surface area contributed by atoms with Crippen LogP contribution in [0.3, 0.4) is 0 Å². The summed E-state index contributed by atoms with van der Waals surface area (Å²) in [4.78, 5) is 27.8. The molecule has 0 saturated carbocycles. The number of hydrogen-bond donors (Lipinski definition) is 0. The molecular weight excluding hydrogens is 327 g/mol. The summed E-state index contributed by atoms with van der Waals surface area (Å²) in [5, 5.41) is 0.592. The van der Waals surface area contributed by atoms with Crippen molar-refractivity contribution in [3.8, 4) is 0 Å². The highest BCUT2D eigenvalue weighted by Crippen LogP contribution is 2.28. The zero-order valence-electron chi connectivity index (χ0n) is 11.7. The molecule has 0 aliphatic carbocycles. The van der Waals surface area contributed by atoms with Crippen LogP contribution in [0.5, 0.6) is 0 Å². The van der Waals surface area contributed by atoms with Crippen molar-refractivity contribution in [2.24, 2.45) is 0 Å². The van der Waals surface area contributed by atoms with E-state index in [1.807, 2.05) is 4.90 Å². The van der Waals surface area contributed by atoms with Crippen molar-refractivity contribution in [1.82, 2.24) is 9.80 Å². The minimum atomic E-state index is -0.455. The van der Waals surface area contributed by atoms with Crippen molar-refractivity contribution in [3.05, 3.63) is 45.6 Å². The fourth-order valence-corrected chi connectivity index (χ4v) is 2.94. The monoisotopic (exact) mass is 340 g/mol. The minimum Gasteiger partial charge on any atom is -0.378 e. The van der Waals surface area contributed by atoms with Crippen LogP contribution in [0.4, 0.5) is 0 Å². The Hall–Kier alpha value is -1.56. The lowest BCUT2D eigenvalue weighted by atomic mass is 10.2. The first kappa shape index (κ1) is 15.3. The minimum absolute atomic E-state index is 0.0131. The molecule has 1 aromatic carbocycles. The summed E-state index contributed by atoms with van der Waals surface area (Å²) in [6.07, 6.45) is 0. The molecule has 0 atom stereocenters. The SMILES string of the molecule is O=C1C(Cl)=C(N2CCOCC2)C(=O)N1Cc1ccc(Cl)cc1. The standard InChI is InChI=1S/C15H14Cl2N2O3/c16-11-3-1-10(2-4-11)9-19-14(20)12(17)13(15(19)21)18-5-7-22-8-6-18/h1-4H,5-9H2. The predicted octanol–water partition coefficient (Wildman–Crippen LogP) is 1.99. The molecule has 116 valence electrons. The van der Waals surface area contributed by atoms with Crippen LogP contribution in [-0.4, -0.2) is 47.9 Å². The fourth-order valence-electron chi connectivity index (χ4n) is 2.51. The van der Waals surface area contributed by atoms with Gasteiger partial charge in [0.25, 0.3) is 11.8 Å². The van der Waals surface area contributed by atoms with Crippen LogP contribution in [0.1, 0.15) is 5.56 Å². The van der Waals surface area contributed by atoms with Crippen molar-refractivity contribution < 1.29 is 14.3 Å². The number of carbonyl (C=O) groups is 2. The second-order valence-corrected chi connectivity index (χ2v) is 5.90. The maximum atomic E-state index is 12.6. The number of benzene rings is 1. The molecule has 1 fully saturated rings. The van der Waals surface area contributed by atoms with Gasteiger partial charge in [0.05, 0.1) is 19.8 Å². The molecule has 1 aromatic rings. The molecule has 2 amide bonds. The van der Waals surface area contributed by atoms with E-state index < -0.39 is 5.91 Å². The number of hydrogen-bond acceptors (Lipinski definition) is 4. The maximum Gasteiger partial charge on any atom is 0.279 e. The normalized spacial score (nSPS) is 19.4. The van der Waals surface area contributed by atoms with Crippen molar-refractivity contribution >= 4 is 35.0 Å². The van der Waals surface area contributed by atoms with Gasteiger partial charge in [0.1, 0.15) is 10.7 Å². The molecule has 0 spiro atoms. The highest BCUT2D eigenvalue weighted by atomic mass is 35.5. The van der Waals surface area contributed by atoms with Gasteiger partial charge in [-0.25, -0.2) is 0 Å². The summed E-state index contributed by atoms with van der Waals surface area (Å²) in [5.41, 5.74) is 1.10. The molecule has 7 heteroatoms. The largest absolute Gasteiger partial charge is 0.378 e. The van der Waals surface area contributed by atoms with E-state index in [0.29, 0.717) is 31.3 Å². The molecule has 2 aliphatic heterocycles. The van der Waals surface area contributed by atoms with Gasteiger partial charge < -0.3 is 9.64 Å². The van der Waals surface area contributed by atoms with E-state index in [0.717, 1.165) is 10.5 Å². The van der Waals surface area contributed by atoms with Gasteiger partial charge in [-0.3, -0.25) is 14.5 Å². The Morgan fingerprint density at radius 2 is 1.64 bits per heavy atom. The number of rotatable bonds is 3. The lowest BCUT2D eigenvalue weighted by Gasteiger charge is -2.29. The first-order valence-corrected chi connectivity index (χ1v) is 7.66. The van der Waals surface area contributed by atoms with E-state index in [1.54, 1.807) is 24.3 Å². The van der Waals surface area contributed by atoms with Crippen LogP contribution in [0.15, 0.2) is 35.0 Å². The summed E-state index contributed by atoms with van der Waals surface area (Å²) >= 11 is 11.9. The average Bonchev–Trinajstić information content (AvgIpc) is 2.74. The Morgan fingerprint density at radius 1 is 1.00 bits per heavy atom. The molecule has 0 N–H and O–H groups in total. The van der Waals surface area contributed by atoms with Crippen LogP contribution in [0, 0.1) is 0 Å². The quantitative estimate of drug-likeness (QED) is 0.789. The molecule has 0 radical (unpaired) electrons. The molecular formula is C15H14Cl2N2O3. The topological polar surface area (TPSA) is 49.9 Å².